The molecule has 0 aliphatic heterocycles. The Balaban J connectivity index is 1.05. The highest BCUT2D eigenvalue weighted by Gasteiger charge is 2.28. The van der Waals surface area contributed by atoms with E-state index in [2.05, 4.69) is 157 Å². The van der Waals surface area contributed by atoms with Crippen LogP contribution >= 0.6 is 0 Å². The summed E-state index contributed by atoms with van der Waals surface area (Å²) in [4.78, 5) is 2.27. The molecule has 0 aliphatic carbocycles. The Bertz CT molecular complexity index is 4260. The highest BCUT2D eigenvalue weighted by Crippen LogP contribution is 2.50. The third kappa shape index (κ3) is 6.46. The lowest BCUT2D eigenvalue weighted by molar-refractivity contribution is 0.661. The number of rotatable bonds is 8. The van der Waals surface area contributed by atoms with Crippen LogP contribution in [0.15, 0.2) is 239 Å². The zero-order chi connectivity index (χ0) is 47.9. The molecule has 1 unspecified atom stereocenters. The average molecular weight is 918 g/mol. The van der Waals surface area contributed by atoms with Gasteiger partial charge in [0.2, 0.25) is 0 Å². The van der Waals surface area contributed by atoms with Gasteiger partial charge in [0, 0.05) is 44.1 Å². The van der Waals surface area contributed by atoms with E-state index in [0.717, 1.165) is 132 Å². The lowest BCUT2D eigenvalue weighted by atomic mass is 9.79. The molecule has 2 heterocycles. The van der Waals surface area contributed by atoms with Crippen LogP contribution < -0.4 is 4.90 Å². The molecule has 0 bridgehead atoms. The van der Waals surface area contributed by atoms with E-state index in [1.54, 1.807) is 0 Å². The first-order chi connectivity index (χ1) is 35.6. The van der Waals surface area contributed by atoms with Crippen molar-refractivity contribution in [2.75, 3.05) is 4.90 Å². The molecule has 0 amide bonds. The predicted octanol–water partition coefficient (Wildman–Crippen LogP) is 18.1. The molecule has 334 valence electrons. The second-order valence-corrected chi connectivity index (χ2v) is 18.6. The van der Waals surface area contributed by atoms with Crippen molar-refractivity contribution in [2.45, 2.75) is 5.92 Å². The largest absolute Gasteiger partial charge is 0.456 e. The molecule has 0 aliphatic rings. The van der Waals surface area contributed by atoms with Gasteiger partial charge in [-0.05, 0) is 115 Å². The van der Waals surface area contributed by atoms with Gasteiger partial charge in [0.15, 0.2) is 5.58 Å². The fourth-order valence-corrected chi connectivity index (χ4v) is 11.4. The number of hydrogen-bond acceptors (Lipinski definition) is 5. The SMILES string of the molecule is N#Cc1cc(-c2ccccc2)cc(C(c2ccc3ccc4c(N(c5cc(C#N)cc(-c6ccccc6)c5)c5cccc6c5oc5ccccc56)ccc5ccc2c3c54)c2cccc3c2oc2ccccc23)c1. The number of fused-ring (bicyclic) bond motifs is 6. The Hall–Kier alpha value is -9.94. The zero-order valence-corrected chi connectivity index (χ0v) is 38.7. The van der Waals surface area contributed by atoms with Crippen molar-refractivity contribution >= 4 is 93.3 Å². The molecule has 0 radical (unpaired) electrons. The molecule has 5 nitrogen and oxygen atoms in total. The summed E-state index contributed by atoms with van der Waals surface area (Å²) < 4.78 is 13.6. The van der Waals surface area contributed by atoms with Crippen LogP contribution in [0.4, 0.5) is 17.1 Å². The molecular formula is C67H39N3O2. The van der Waals surface area contributed by atoms with Gasteiger partial charge in [-0.1, -0.05) is 176 Å². The molecule has 14 rings (SSSR count). The van der Waals surface area contributed by atoms with E-state index in [-0.39, 0.29) is 5.92 Å². The molecule has 2 aromatic heterocycles. The van der Waals surface area contributed by atoms with Crippen LogP contribution in [0.1, 0.15) is 33.7 Å². The molecule has 0 saturated heterocycles. The number of nitrogens with zero attached hydrogens (tertiary/aromatic N) is 3. The lowest BCUT2D eigenvalue weighted by Gasteiger charge is -2.29. The van der Waals surface area contributed by atoms with Crippen molar-refractivity contribution < 1.29 is 8.83 Å². The van der Waals surface area contributed by atoms with Gasteiger partial charge in [-0.2, -0.15) is 10.5 Å². The Morgan fingerprint density at radius 3 is 1.60 bits per heavy atom. The van der Waals surface area contributed by atoms with E-state index in [0.29, 0.717) is 11.1 Å². The summed E-state index contributed by atoms with van der Waals surface area (Å²) in [5.41, 5.74) is 14.1. The van der Waals surface area contributed by atoms with Crippen molar-refractivity contribution in [3.63, 3.8) is 0 Å². The van der Waals surface area contributed by atoms with E-state index in [1.165, 1.54) is 0 Å². The molecule has 14 aromatic rings. The van der Waals surface area contributed by atoms with Crippen molar-refractivity contribution in [3.05, 3.63) is 258 Å². The predicted molar refractivity (Wildman–Crippen MR) is 294 cm³/mol. The van der Waals surface area contributed by atoms with Crippen molar-refractivity contribution in [1.82, 2.24) is 0 Å². The summed E-state index contributed by atoms with van der Waals surface area (Å²) in [6.45, 7) is 0. The first-order valence-electron chi connectivity index (χ1n) is 24.1. The molecule has 1 atom stereocenters. The van der Waals surface area contributed by atoms with Crippen LogP contribution in [0.3, 0.4) is 0 Å². The van der Waals surface area contributed by atoms with Gasteiger partial charge in [-0.15, -0.1) is 0 Å². The molecule has 0 fully saturated rings. The first kappa shape index (κ1) is 41.1. The summed E-state index contributed by atoms with van der Waals surface area (Å²) in [5, 5.41) is 32.0. The normalized spacial score (nSPS) is 12.1. The first-order valence-corrected chi connectivity index (χ1v) is 24.1. The maximum atomic E-state index is 10.6. The summed E-state index contributed by atoms with van der Waals surface area (Å²) in [6.07, 6.45) is 0. The molecule has 72 heavy (non-hydrogen) atoms. The fraction of sp³-hybridized carbons (Fsp3) is 0.0149. The molecule has 0 N–H and O–H groups in total. The van der Waals surface area contributed by atoms with Gasteiger partial charge in [-0.25, -0.2) is 0 Å². The van der Waals surface area contributed by atoms with Gasteiger partial charge >= 0.3 is 0 Å². The van der Waals surface area contributed by atoms with Gasteiger partial charge in [-0.3, -0.25) is 0 Å². The highest BCUT2D eigenvalue weighted by molar-refractivity contribution is 6.27. The van der Waals surface area contributed by atoms with E-state index in [1.807, 2.05) is 91.0 Å². The van der Waals surface area contributed by atoms with Crippen molar-refractivity contribution in [3.8, 4) is 34.4 Å². The van der Waals surface area contributed by atoms with Gasteiger partial charge < -0.3 is 13.7 Å². The molecule has 5 heteroatoms. The van der Waals surface area contributed by atoms with E-state index >= 15 is 0 Å². The summed E-state index contributed by atoms with van der Waals surface area (Å²) in [5.74, 6) is -0.332. The maximum absolute atomic E-state index is 10.6. The van der Waals surface area contributed by atoms with Gasteiger partial charge in [0.05, 0.1) is 34.6 Å². The second-order valence-electron chi connectivity index (χ2n) is 18.6. The minimum absolute atomic E-state index is 0.332. The molecular weight excluding hydrogens is 879 g/mol. The Kier molecular flexibility index (Phi) is 9.33. The fourth-order valence-electron chi connectivity index (χ4n) is 11.4. The summed E-state index contributed by atoms with van der Waals surface area (Å²) in [7, 11) is 0. The van der Waals surface area contributed by atoms with Crippen LogP contribution in [0, 0.1) is 22.7 Å². The van der Waals surface area contributed by atoms with Gasteiger partial charge in [0.25, 0.3) is 0 Å². The third-order valence-electron chi connectivity index (χ3n) is 14.5. The van der Waals surface area contributed by atoms with Crippen LogP contribution in [0.25, 0.3) is 98.4 Å². The lowest BCUT2D eigenvalue weighted by Crippen LogP contribution is -2.11. The van der Waals surface area contributed by atoms with E-state index < -0.39 is 0 Å². The van der Waals surface area contributed by atoms with Crippen molar-refractivity contribution in [2.24, 2.45) is 0 Å². The second kappa shape index (κ2) is 16.4. The smallest absolute Gasteiger partial charge is 0.159 e. The molecule has 12 aromatic carbocycles. The Morgan fingerprint density at radius 1 is 0.361 bits per heavy atom. The number of furan rings is 2. The standard InChI is InChI=1S/C67H39N3O2/c68-39-41-33-47(43-13-3-1-4-14-43)37-49(35-41)63(58-21-11-19-55-51-17-7-9-23-61(51)71-66(55)58)53-29-25-45-27-31-57-59(32-28-46-26-30-54(53)64(45)65(46)57)70(50-36-42(40-69)34-48(38-50)44-15-5-2-6-16-44)60-22-12-20-56-52-18-8-10-24-62(52)72-67(56)60/h1-38,63H. The Labute approximate surface area is 414 Å². The average Bonchev–Trinajstić information content (AvgIpc) is 4.03. The minimum Gasteiger partial charge on any atom is -0.456 e. The molecule has 0 saturated carbocycles. The van der Waals surface area contributed by atoms with E-state index in [4.69, 9.17) is 8.83 Å². The minimum atomic E-state index is -0.332. The number of hydrogen-bond donors (Lipinski definition) is 0. The highest BCUT2D eigenvalue weighted by atomic mass is 16.3. The van der Waals surface area contributed by atoms with Gasteiger partial charge in [0.1, 0.15) is 16.7 Å². The Morgan fingerprint density at radius 2 is 0.903 bits per heavy atom. The monoisotopic (exact) mass is 917 g/mol. The van der Waals surface area contributed by atoms with E-state index in [9.17, 15) is 10.5 Å². The third-order valence-corrected chi connectivity index (χ3v) is 14.5. The quantitative estimate of drug-likeness (QED) is 0.112. The van der Waals surface area contributed by atoms with Crippen molar-refractivity contribution in [1.29, 1.82) is 10.5 Å². The number of nitriles is 2. The van der Waals surface area contributed by atoms with Crippen LogP contribution in [-0.4, -0.2) is 0 Å². The maximum Gasteiger partial charge on any atom is 0.159 e. The zero-order valence-electron chi connectivity index (χ0n) is 38.7. The number of para-hydroxylation sites is 4. The number of benzene rings is 12. The topological polar surface area (TPSA) is 77.1 Å². The summed E-state index contributed by atoms with van der Waals surface area (Å²) >= 11 is 0. The number of anilines is 3. The van der Waals surface area contributed by atoms with Crippen LogP contribution in [0.2, 0.25) is 0 Å². The summed E-state index contributed by atoms with van der Waals surface area (Å²) in [6, 6.07) is 85.0. The molecule has 0 spiro atoms. The van der Waals surface area contributed by atoms with Crippen LogP contribution in [0.5, 0.6) is 0 Å². The van der Waals surface area contributed by atoms with Crippen LogP contribution in [-0.2, 0) is 0 Å².